The Morgan fingerprint density at radius 1 is 1.21 bits per heavy atom. The highest BCUT2D eigenvalue weighted by Gasteiger charge is 2.22. The summed E-state index contributed by atoms with van der Waals surface area (Å²) in [6.45, 7) is 3.34. The van der Waals surface area contributed by atoms with E-state index in [9.17, 15) is 4.79 Å². The molecule has 1 amide bonds. The van der Waals surface area contributed by atoms with Gasteiger partial charge in [-0.25, -0.2) is 9.97 Å². The molecule has 8 heteroatoms. The van der Waals surface area contributed by atoms with Gasteiger partial charge in [0.2, 0.25) is 0 Å². The lowest BCUT2D eigenvalue weighted by molar-refractivity contribution is 0.0986. The number of halogens is 2. The number of aryl methyl sites for hydroxylation is 2. The second-order valence-electron chi connectivity index (χ2n) is 6.52. The van der Waals surface area contributed by atoms with Crippen LogP contribution in [-0.2, 0) is 6.54 Å². The standard InChI is InChI=1S/C21H19ClN4OS.ClH/c1-15-8-9-17(22)19-18(15)24-21(28-19)26(12-5-11-25-13-10-23-14-25)20(27)16-6-3-2-4-7-16;/h2-4,6-10,13-14H,5,11-12H2,1H3;1H. The lowest BCUT2D eigenvalue weighted by Gasteiger charge is -2.20. The number of carbonyl (C=O) groups is 1. The average molecular weight is 447 g/mol. The lowest BCUT2D eigenvalue weighted by Crippen LogP contribution is -2.32. The van der Waals surface area contributed by atoms with E-state index in [1.165, 1.54) is 11.3 Å². The van der Waals surface area contributed by atoms with Crippen LogP contribution in [0, 0.1) is 6.92 Å². The summed E-state index contributed by atoms with van der Waals surface area (Å²) in [5, 5.41) is 1.33. The summed E-state index contributed by atoms with van der Waals surface area (Å²) in [5.41, 5.74) is 2.55. The summed E-state index contributed by atoms with van der Waals surface area (Å²) in [7, 11) is 0. The first-order chi connectivity index (χ1) is 13.6. The summed E-state index contributed by atoms with van der Waals surface area (Å²) < 4.78 is 2.92. The number of thiazole rings is 1. The number of hydrogen-bond acceptors (Lipinski definition) is 4. The number of hydrogen-bond donors (Lipinski definition) is 0. The van der Waals surface area contributed by atoms with Gasteiger partial charge in [0.05, 0.1) is 21.6 Å². The fraction of sp³-hybridized carbons (Fsp3) is 0.190. The topological polar surface area (TPSA) is 51.0 Å². The smallest absolute Gasteiger partial charge is 0.260 e. The molecule has 150 valence electrons. The minimum absolute atomic E-state index is 0. The monoisotopic (exact) mass is 446 g/mol. The van der Waals surface area contributed by atoms with Crippen LogP contribution in [0.15, 0.2) is 61.2 Å². The third-order valence-corrected chi connectivity index (χ3v) is 6.08. The molecule has 5 nitrogen and oxygen atoms in total. The highest BCUT2D eigenvalue weighted by molar-refractivity contribution is 7.23. The second kappa shape index (κ2) is 9.39. The van der Waals surface area contributed by atoms with Crippen molar-refractivity contribution in [2.75, 3.05) is 11.4 Å². The first-order valence-electron chi connectivity index (χ1n) is 9.02. The van der Waals surface area contributed by atoms with Crippen molar-refractivity contribution in [3.8, 4) is 0 Å². The Bertz CT molecular complexity index is 1060. The van der Waals surface area contributed by atoms with E-state index in [0.717, 1.165) is 28.7 Å². The van der Waals surface area contributed by atoms with Gasteiger partial charge < -0.3 is 4.57 Å². The van der Waals surface area contributed by atoms with Gasteiger partial charge in [-0.3, -0.25) is 9.69 Å². The van der Waals surface area contributed by atoms with Gasteiger partial charge in [0.25, 0.3) is 5.91 Å². The van der Waals surface area contributed by atoms with Crippen molar-refractivity contribution in [3.63, 3.8) is 0 Å². The van der Waals surface area contributed by atoms with Crippen LogP contribution in [0.3, 0.4) is 0 Å². The highest BCUT2D eigenvalue weighted by atomic mass is 35.5. The van der Waals surface area contributed by atoms with Crippen molar-refractivity contribution >= 4 is 56.6 Å². The van der Waals surface area contributed by atoms with Gasteiger partial charge >= 0.3 is 0 Å². The maximum absolute atomic E-state index is 13.2. The molecule has 0 fully saturated rings. The van der Waals surface area contributed by atoms with Crippen LogP contribution >= 0.6 is 35.3 Å². The molecule has 0 unspecified atom stereocenters. The van der Waals surface area contributed by atoms with E-state index in [4.69, 9.17) is 16.6 Å². The lowest BCUT2D eigenvalue weighted by atomic mass is 10.2. The molecule has 0 aliphatic carbocycles. The van der Waals surface area contributed by atoms with E-state index in [1.807, 2.05) is 60.2 Å². The fourth-order valence-corrected chi connectivity index (χ4v) is 4.40. The summed E-state index contributed by atoms with van der Waals surface area (Å²) in [4.78, 5) is 23.8. The van der Waals surface area contributed by atoms with E-state index >= 15 is 0 Å². The van der Waals surface area contributed by atoms with Crippen molar-refractivity contribution in [1.82, 2.24) is 14.5 Å². The van der Waals surface area contributed by atoms with Gasteiger partial charge in [0, 0.05) is 31.0 Å². The maximum atomic E-state index is 13.2. The number of anilines is 1. The van der Waals surface area contributed by atoms with Crippen LogP contribution in [0.2, 0.25) is 5.02 Å². The highest BCUT2D eigenvalue weighted by Crippen LogP contribution is 2.36. The predicted octanol–water partition coefficient (Wildman–Crippen LogP) is 5.61. The molecule has 0 aliphatic rings. The van der Waals surface area contributed by atoms with Gasteiger partial charge in [-0.05, 0) is 37.1 Å². The molecular weight excluding hydrogens is 427 g/mol. The number of amides is 1. The van der Waals surface area contributed by atoms with Crippen molar-refractivity contribution < 1.29 is 4.79 Å². The molecular formula is C21H20Cl2N4OS. The number of carbonyl (C=O) groups excluding carboxylic acids is 1. The van der Waals surface area contributed by atoms with Crippen LogP contribution in [0.1, 0.15) is 22.3 Å². The third kappa shape index (κ3) is 4.61. The first kappa shape index (κ1) is 21.3. The number of rotatable bonds is 6. The zero-order chi connectivity index (χ0) is 19.5. The van der Waals surface area contributed by atoms with E-state index in [1.54, 1.807) is 17.4 Å². The van der Waals surface area contributed by atoms with Gasteiger partial charge in [-0.1, -0.05) is 47.2 Å². The normalized spacial score (nSPS) is 10.7. The molecule has 0 saturated carbocycles. The van der Waals surface area contributed by atoms with Crippen LogP contribution < -0.4 is 4.90 Å². The van der Waals surface area contributed by atoms with Gasteiger partial charge in [-0.2, -0.15) is 0 Å². The van der Waals surface area contributed by atoms with Crippen LogP contribution in [0.25, 0.3) is 10.2 Å². The van der Waals surface area contributed by atoms with Crippen molar-refractivity contribution in [2.45, 2.75) is 19.9 Å². The Morgan fingerprint density at radius 2 is 2.00 bits per heavy atom. The minimum Gasteiger partial charge on any atom is -0.337 e. The van der Waals surface area contributed by atoms with Gasteiger partial charge in [-0.15, -0.1) is 12.4 Å². The zero-order valence-corrected chi connectivity index (χ0v) is 18.2. The van der Waals surface area contributed by atoms with E-state index in [0.29, 0.717) is 22.3 Å². The first-order valence-corrected chi connectivity index (χ1v) is 10.2. The summed E-state index contributed by atoms with van der Waals surface area (Å²) >= 11 is 7.83. The summed E-state index contributed by atoms with van der Waals surface area (Å²) in [6, 6.07) is 13.1. The predicted molar refractivity (Wildman–Crippen MR) is 122 cm³/mol. The Kier molecular flexibility index (Phi) is 6.90. The summed E-state index contributed by atoms with van der Waals surface area (Å²) in [5.74, 6) is -0.0564. The number of fused-ring (bicyclic) bond motifs is 1. The molecule has 29 heavy (non-hydrogen) atoms. The molecule has 2 heterocycles. The largest absolute Gasteiger partial charge is 0.337 e. The molecule has 4 aromatic rings. The van der Waals surface area contributed by atoms with Crippen molar-refractivity contribution in [1.29, 1.82) is 0 Å². The van der Waals surface area contributed by atoms with Crippen molar-refractivity contribution in [2.24, 2.45) is 0 Å². The number of benzene rings is 2. The molecule has 0 aliphatic heterocycles. The Morgan fingerprint density at radius 3 is 2.69 bits per heavy atom. The Labute approximate surface area is 184 Å². The van der Waals surface area contributed by atoms with Gasteiger partial charge in [0.1, 0.15) is 0 Å². The average Bonchev–Trinajstić information content (AvgIpc) is 3.39. The Hall–Kier alpha value is -2.41. The zero-order valence-electron chi connectivity index (χ0n) is 15.8. The SMILES string of the molecule is Cc1ccc(Cl)c2sc(N(CCCn3ccnc3)C(=O)c3ccccc3)nc12.Cl. The number of imidazole rings is 1. The van der Waals surface area contributed by atoms with Crippen molar-refractivity contribution in [3.05, 3.63) is 77.3 Å². The maximum Gasteiger partial charge on any atom is 0.260 e. The second-order valence-corrected chi connectivity index (χ2v) is 7.90. The molecule has 0 saturated heterocycles. The quantitative estimate of drug-likeness (QED) is 0.386. The van der Waals surface area contributed by atoms with Crippen LogP contribution in [-0.4, -0.2) is 27.0 Å². The fourth-order valence-electron chi connectivity index (χ4n) is 3.06. The molecule has 0 atom stereocenters. The third-order valence-electron chi connectivity index (χ3n) is 4.54. The van der Waals surface area contributed by atoms with E-state index in [2.05, 4.69) is 4.98 Å². The minimum atomic E-state index is -0.0564. The molecule has 0 spiro atoms. The number of nitrogens with zero attached hydrogens (tertiary/aromatic N) is 4. The van der Waals surface area contributed by atoms with Crippen LogP contribution in [0.4, 0.5) is 5.13 Å². The van der Waals surface area contributed by atoms with Crippen LogP contribution in [0.5, 0.6) is 0 Å². The van der Waals surface area contributed by atoms with E-state index in [-0.39, 0.29) is 18.3 Å². The number of aromatic nitrogens is 3. The summed E-state index contributed by atoms with van der Waals surface area (Å²) in [6.07, 6.45) is 6.25. The Balaban J connectivity index is 0.00000240. The molecule has 2 aromatic heterocycles. The molecule has 2 aromatic carbocycles. The van der Waals surface area contributed by atoms with E-state index < -0.39 is 0 Å². The molecule has 0 N–H and O–H groups in total. The van der Waals surface area contributed by atoms with Gasteiger partial charge in [0.15, 0.2) is 5.13 Å². The molecule has 0 bridgehead atoms. The molecule has 0 radical (unpaired) electrons. The molecule has 4 rings (SSSR count).